The fourth-order valence-electron chi connectivity index (χ4n) is 2.49. The lowest BCUT2D eigenvalue weighted by Gasteiger charge is -2.14. The molecule has 0 saturated carbocycles. The minimum atomic E-state index is -0.202. The Bertz CT molecular complexity index is 974. The highest BCUT2D eigenvalue weighted by molar-refractivity contribution is 7.20. The number of hydrogen-bond acceptors (Lipinski definition) is 7. The number of nitrogens with one attached hydrogen (secondary N) is 1. The molecule has 0 spiro atoms. The molecule has 8 nitrogen and oxygen atoms in total. The predicted octanol–water partition coefficient (Wildman–Crippen LogP) is 1.76. The Balaban J connectivity index is 1.67. The van der Waals surface area contributed by atoms with Crippen LogP contribution in [-0.4, -0.2) is 34.1 Å². The van der Waals surface area contributed by atoms with Gasteiger partial charge in [-0.25, -0.2) is 4.98 Å². The Hall–Kier alpha value is -2.68. The minimum Gasteiger partial charge on any atom is -0.465 e. The van der Waals surface area contributed by atoms with Crippen LogP contribution < -0.4 is 15.8 Å². The molecule has 9 heteroatoms. The highest BCUT2D eigenvalue weighted by atomic mass is 32.1. The second kappa shape index (κ2) is 7.69. The summed E-state index contributed by atoms with van der Waals surface area (Å²) in [5, 5.41) is 7.64. The molecule has 0 atom stereocenters. The van der Waals surface area contributed by atoms with Crippen molar-refractivity contribution in [2.45, 2.75) is 33.2 Å². The summed E-state index contributed by atoms with van der Waals surface area (Å²) >= 11 is 1.29. The van der Waals surface area contributed by atoms with Crippen molar-refractivity contribution in [1.82, 2.24) is 19.9 Å². The normalized spacial score (nSPS) is 11.0. The average molecular weight is 375 g/mol. The molecule has 3 aromatic rings. The highest BCUT2D eigenvalue weighted by Gasteiger charge is 2.15. The van der Waals surface area contributed by atoms with Gasteiger partial charge < -0.3 is 14.6 Å². The number of likely N-dealkylation sites (N-methyl/N-ethyl adjacent to an activating group) is 1. The molecule has 0 radical (unpaired) electrons. The van der Waals surface area contributed by atoms with E-state index < -0.39 is 0 Å². The third-order valence-electron chi connectivity index (χ3n) is 3.76. The molecule has 0 bridgehead atoms. The van der Waals surface area contributed by atoms with Gasteiger partial charge in [0, 0.05) is 18.8 Å². The summed E-state index contributed by atoms with van der Waals surface area (Å²) in [6.07, 6.45) is 1.67. The van der Waals surface area contributed by atoms with Crippen LogP contribution in [-0.2, 0) is 17.8 Å². The maximum absolute atomic E-state index is 12.2. The molecule has 1 amide bonds. The predicted molar refractivity (Wildman–Crippen MR) is 99.7 cm³/mol. The van der Waals surface area contributed by atoms with E-state index in [1.807, 2.05) is 26.0 Å². The van der Waals surface area contributed by atoms with E-state index in [1.54, 1.807) is 11.9 Å². The van der Waals surface area contributed by atoms with Crippen molar-refractivity contribution in [3.63, 3.8) is 0 Å². The van der Waals surface area contributed by atoms with Gasteiger partial charge in [0.05, 0.1) is 13.1 Å². The van der Waals surface area contributed by atoms with Crippen LogP contribution in [0.5, 0.6) is 0 Å². The summed E-state index contributed by atoms with van der Waals surface area (Å²) in [6, 6.07) is 5.20. The van der Waals surface area contributed by atoms with Crippen molar-refractivity contribution < 1.29 is 9.21 Å². The average Bonchev–Trinajstić information content (AvgIpc) is 3.20. The summed E-state index contributed by atoms with van der Waals surface area (Å²) in [6.45, 7) is 4.35. The second-order valence-electron chi connectivity index (χ2n) is 6.06. The van der Waals surface area contributed by atoms with E-state index in [0.29, 0.717) is 22.4 Å². The van der Waals surface area contributed by atoms with E-state index in [-0.39, 0.29) is 18.0 Å². The first-order chi connectivity index (χ1) is 12.5. The minimum absolute atomic E-state index is 0.121. The molecule has 0 aromatic carbocycles. The fraction of sp³-hybridized carbons (Fsp3) is 0.412. The number of fused-ring (bicyclic) bond motifs is 1. The van der Waals surface area contributed by atoms with Crippen LogP contribution in [0.1, 0.15) is 30.6 Å². The number of aromatic nitrogens is 3. The number of furan rings is 1. The van der Waals surface area contributed by atoms with Crippen LogP contribution in [0.15, 0.2) is 27.4 Å². The van der Waals surface area contributed by atoms with E-state index in [0.717, 1.165) is 24.3 Å². The van der Waals surface area contributed by atoms with Crippen LogP contribution in [0.2, 0.25) is 0 Å². The molecule has 0 fully saturated rings. The van der Waals surface area contributed by atoms with Crippen LogP contribution in [0.3, 0.4) is 0 Å². The van der Waals surface area contributed by atoms with Gasteiger partial charge in [-0.05, 0) is 25.5 Å². The molecule has 0 unspecified atom stereocenters. The number of carbonyl (C=O) groups is 1. The van der Waals surface area contributed by atoms with Crippen molar-refractivity contribution in [2.75, 3.05) is 18.5 Å². The van der Waals surface area contributed by atoms with Crippen LogP contribution in [0.25, 0.3) is 4.96 Å². The smallest absolute Gasteiger partial charge is 0.275 e. The molecular weight excluding hydrogens is 354 g/mol. The molecule has 3 aromatic heterocycles. The molecule has 1 N–H and O–H groups in total. The van der Waals surface area contributed by atoms with Crippen LogP contribution in [0.4, 0.5) is 5.13 Å². The summed E-state index contributed by atoms with van der Waals surface area (Å²) in [5.41, 5.74) is 0.564. The van der Waals surface area contributed by atoms with Crippen molar-refractivity contribution in [3.05, 3.63) is 45.8 Å². The van der Waals surface area contributed by atoms with Crippen molar-refractivity contribution in [2.24, 2.45) is 0 Å². The Morgan fingerprint density at radius 2 is 2.23 bits per heavy atom. The van der Waals surface area contributed by atoms with Crippen molar-refractivity contribution in [1.29, 1.82) is 0 Å². The monoisotopic (exact) mass is 375 g/mol. The van der Waals surface area contributed by atoms with Crippen LogP contribution in [0, 0.1) is 6.92 Å². The van der Waals surface area contributed by atoms with Gasteiger partial charge in [0.25, 0.3) is 5.56 Å². The van der Waals surface area contributed by atoms with Gasteiger partial charge in [-0.15, -0.1) is 5.10 Å². The van der Waals surface area contributed by atoms with E-state index in [9.17, 15) is 9.59 Å². The molecule has 3 rings (SSSR count). The molecular formula is C17H21N5O3S. The van der Waals surface area contributed by atoms with E-state index in [1.165, 1.54) is 21.9 Å². The van der Waals surface area contributed by atoms with Crippen molar-refractivity contribution >= 4 is 27.3 Å². The zero-order valence-corrected chi connectivity index (χ0v) is 15.8. The third kappa shape index (κ3) is 4.10. The van der Waals surface area contributed by atoms with Crippen LogP contribution >= 0.6 is 11.3 Å². The first-order valence-electron chi connectivity index (χ1n) is 8.39. The first-order valence-corrected chi connectivity index (χ1v) is 9.21. The SMILES string of the molecule is CCCc1cc(=O)n2nc(N(C)CC(=O)NCc3ccc(C)o3)sc2n1. The largest absolute Gasteiger partial charge is 0.465 e. The van der Waals surface area contributed by atoms with Gasteiger partial charge in [-0.3, -0.25) is 9.59 Å². The van der Waals surface area contributed by atoms with E-state index in [2.05, 4.69) is 15.4 Å². The number of nitrogens with zero attached hydrogens (tertiary/aromatic N) is 4. The number of anilines is 1. The number of hydrogen-bond donors (Lipinski definition) is 1. The number of rotatable bonds is 7. The second-order valence-corrected chi connectivity index (χ2v) is 6.99. The van der Waals surface area contributed by atoms with Gasteiger partial charge in [-0.2, -0.15) is 4.52 Å². The lowest BCUT2D eigenvalue weighted by molar-refractivity contribution is -0.120. The van der Waals surface area contributed by atoms with Gasteiger partial charge >= 0.3 is 0 Å². The lowest BCUT2D eigenvalue weighted by Crippen LogP contribution is -2.34. The Labute approximate surface area is 154 Å². The van der Waals surface area contributed by atoms with Gasteiger partial charge in [0.1, 0.15) is 11.5 Å². The maximum atomic E-state index is 12.2. The fourth-order valence-corrected chi connectivity index (χ4v) is 3.38. The summed E-state index contributed by atoms with van der Waals surface area (Å²) in [7, 11) is 1.76. The van der Waals surface area contributed by atoms with Gasteiger partial charge in [-0.1, -0.05) is 24.7 Å². The molecule has 0 aliphatic heterocycles. The Morgan fingerprint density at radius 1 is 1.42 bits per heavy atom. The molecule has 0 aliphatic carbocycles. The summed E-state index contributed by atoms with van der Waals surface area (Å²) < 4.78 is 6.70. The molecule has 0 saturated heterocycles. The third-order valence-corrected chi connectivity index (χ3v) is 4.78. The number of carbonyl (C=O) groups excluding carboxylic acids is 1. The van der Waals surface area contributed by atoms with Gasteiger partial charge in [0.2, 0.25) is 16.0 Å². The Kier molecular flexibility index (Phi) is 5.36. The summed E-state index contributed by atoms with van der Waals surface area (Å²) in [4.78, 5) is 31.0. The Morgan fingerprint density at radius 3 is 2.92 bits per heavy atom. The maximum Gasteiger partial charge on any atom is 0.275 e. The van der Waals surface area contributed by atoms with E-state index >= 15 is 0 Å². The zero-order valence-electron chi connectivity index (χ0n) is 15.0. The molecule has 138 valence electrons. The molecule has 26 heavy (non-hydrogen) atoms. The number of aryl methyl sites for hydroxylation is 2. The topological polar surface area (TPSA) is 92.7 Å². The summed E-state index contributed by atoms with van der Waals surface area (Å²) in [5.74, 6) is 1.35. The van der Waals surface area contributed by atoms with Gasteiger partial charge in [0.15, 0.2) is 0 Å². The van der Waals surface area contributed by atoms with E-state index in [4.69, 9.17) is 4.42 Å². The molecule has 3 heterocycles. The standard InChI is InChI=1S/C17H21N5O3S/c1-4-5-12-8-15(24)22-16(19-12)26-17(20-22)21(3)10-14(23)18-9-13-7-6-11(2)25-13/h6-8H,4-5,9-10H2,1-3H3,(H,18,23). The number of amides is 1. The highest BCUT2D eigenvalue weighted by Crippen LogP contribution is 2.20. The zero-order chi connectivity index (χ0) is 18.7. The van der Waals surface area contributed by atoms with Crippen molar-refractivity contribution in [3.8, 4) is 0 Å². The quantitative estimate of drug-likeness (QED) is 0.676. The molecule has 0 aliphatic rings. The lowest BCUT2D eigenvalue weighted by atomic mass is 10.2. The first kappa shape index (κ1) is 18.1.